The average Bonchev–Trinajstić information content (AvgIpc) is 2.67. The smallest absolute Gasteiger partial charge is 0.264 e. The van der Waals surface area contributed by atoms with Crippen LogP contribution in [0.1, 0.15) is 20.3 Å². The highest BCUT2D eigenvalue weighted by Crippen LogP contribution is 2.36. The number of anilines is 1. The molecule has 2 aromatic rings. The molecule has 138 valence electrons. The van der Waals surface area contributed by atoms with Crippen molar-refractivity contribution in [2.75, 3.05) is 10.8 Å². The second-order valence-electron chi connectivity index (χ2n) is 6.24. The molecular weight excluding hydrogens is 352 g/mol. The molecule has 2 aromatic carbocycles. The SMILES string of the molecule is CCC(C)NC(=O)C1CN(S(=O)(=O)c2ccccc2)c2ccccc2O1. The lowest BCUT2D eigenvalue weighted by Gasteiger charge is -2.35. The Hall–Kier alpha value is -2.54. The average molecular weight is 374 g/mol. The molecule has 2 unspecified atom stereocenters. The second kappa shape index (κ2) is 7.37. The van der Waals surface area contributed by atoms with Gasteiger partial charge in [0.1, 0.15) is 5.75 Å². The third-order valence-corrected chi connectivity index (χ3v) is 6.15. The van der Waals surface area contributed by atoms with Gasteiger partial charge < -0.3 is 10.1 Å². The molecule has 26 heavy (non-hydrogen) atoms. The fraction of sp³-hybridized carbons (Fsp3) is 0.316. The Morgan fingerprint density at radius 2 is 1.85 bits per heavy atom. The minimum atomic E-state index is -3.80. The van der Waals surface area contributed by atoms with E-state index in [0.29, 0.717) is 11.4 Å². The second-order valence-corrected chi connectivity index (χ2v) is 8.10. The summed E-state index contributed by atoms with van der Waals surface area (Å²) in [5.41, 5.74) is 0.434. The van der Waals surface area contributed by atoms with E-state index in [2.05, 4.69) is 5.32 Å². The number of hydrogen-bond acceptors (Lipinski definition) is 4. The van der Waals surface area contributed by atoms with Gasteiger partial charge in [0.25, 0.3) is 15.9 Å². The quantitative estimate of drug-likeness (QED) is 0.873. The van der Waals surface area contributed by atoms with Crippen LogP contribution in [0.25, 0.3) is 0 Å². The molecule has 0 aromatic heterocycles. The van der Waals surface area contributed by atoms with E-state index in [0.717, 1.165) is 6.42 Å². The maximum Gasteiger partial charge on any atom is 0.264 e. The Bertz CT molecular complexity index is 883. The zero-order chi connectivity index (χ0) is 18.7. The van der Waals surface area contributed by atoms with Crippen LogP contribution < -0.4 is 14.4 Å². The van der Waals surface area contributed by atoms with Crippen LogP contribution in [0, 0.1) is 0 Å². The molecule has 0 aliphatic carbocycles. The molecule has 2 atom stereocenters. The Balaban J connectivity index is 1.97. The summed E-state index contributed by atoms with van der Waals surface area (Å²) in [6.07, 6.45) is -0.126. The first-order valence-electron chi connectivity index (χ1n) is 8.57. The zero-order valence-corrected chi connectivity index (χ0v) is 15.6. The minimum Gasteiger partial charge on any atom is -0.476 e. The Labute approximate surface area is 153 Å². The van der Waals surface area contributed by atoms with Crippen molar-refractivity contribution in [3.05, 3.63) is 54.6 Å². The monoisotopic (exact) mass is 374 g/mol. The number of rotatable bonds is 5. The van der Waals surface area contributed by atoms with Crippen molar-refractivity contribution < 1.29 is 17.9 Å². The predicted octanol–water partition coefficient (Wildman–Crippen LogP) is 2.56. The van der Waals surface area contributed by atoms with E-state index in [9.17, 15) is 13.2 Å². The maximum absolute atomic E-state index is 13.1. The first-order valence-corrected chi connectivity index (χ1v) is 10.0. The summed E-state index contributed by atoms with van der Waals surface area (Å²) in [4.78, 5) is 12.7. The van der Waals surface area contributed by atoms with Crippen molar-refractivity contribution in [3.63, 3.8) is 0 Å². The van der Waals surface area contributed by atoms with E-state index < -0.39 is 16.1 Å². The normalized spacial score (nSPS) is 17.8. The summed E-state index contributed by atoms with van der Waals surface area (Å²) in [5.74, 6) is 0.0599. The highest BCUT2D eigenvalue weighted by Gasteiger charge is 2.37. The Morgan fingerprint density at radius 1 is 1.19 bits per heavy atom. The number of fused-ring (bicyclic) bond motifs is 1. The van der Waals surface area contributed by atoms with Gasteiger partial charge in [0.2, 0.25) is 0 Å². The van der Waals surface area contributed by atoms with Gasteiger partial charge in [-0.15, -0.1) is 0 Å². The highest BCUT2D eigenvalue weighted by molar-refractivity contribution is 7.92. The maximum atomic E-state index is 13.1. The minimum absolute atomic E-state index is 0.0116. The van der Waals surface area contributed by atoms with Gasteiger partial charge in [-0.1, -0.05) is 37.3 Å². The number of carbonyl (C=O) groups is 1. The van der Waals surface area contributed by atoms with Crippen LogP contribution in [-0.4, -0.2) is 33.0 Å². The number of nitrogens with zero attached hydrogens (tertiary/aromatic N) is 1. The van der Waals surface area contributed by atoms with Crippen molar-refractivity contribution in [2.45, 2.75) is 37.3 Å². The van der Waals surface area contributed by atoms with Crippen LogP contribution in [0.15, 0.2) is 59.5 Å². The summed E-state index contributed by atoms with van der Waals surface area (Å²) in [5, 5.41) is 2.86. The predicted molar refractivity (Wildman–Crippen MR) is 99.7 cm³/mol. The molecule has 0 saturated heterocycles. The molecule has 7 heteroatoms. The first-order chi connectivity index (χ1) is 12.4. The third-order valence-electron chi connectivity index (χ3n) is 4.36. The topological polar surface area (TPSA) is 75.7 Å². The lowest BCUT2D eigenvalue weighted by molar-refractivity contribution is -0.128. The number of ether oxygens (including phenoxy) is 1. The fourth-order valence-electron chi connectivity index (χ4n) is 2.72. The number of amides is 1. The molecule has 1 amide bonds. The van der Waals surface area contributed by atoms with E-state index in [1.54, 1.807) is 54.6 Å². The van der Waals surface area contributed by atoms with E-state index in [4.69, 9.17) is 4.74 Å². The van der Waals surface area contributed by atoms with E-state index in [1.807, 2.05) is 13.8 Å². The summed E-state index contributed by atoms with van der Waals surface area (Å²) >= 11 is 0. The van der Waals surface area contributed by atoms with Crippen LogP contribution in [0.5, 0.6) is 5.75 Å². The molecule has 6 nitrogen and oxygen atoms in total. The van der Waals surface area contributed by atoms with E-state index in [1.165, 1.54) is 4.31 Å². The van der Waals surface area contributed by atoms with Gasteiger partial charge in [0.15, 0.2) is 6.10 Å². The lowest BCUT2D eigenvalue weighted by Crippen LogP contribution is -2.52. The fourth-order valence-corrected chi connectivity index (χ4v) is 4.22. The molecule has 0 saturated carbocycles. The molecule has 1 aliphatic heterocycles. The van der Waals surface area contributed by atoms with Gasteiger partial charge in [-0.2, -0.15) is 0 Å². The molecule has 0 fully saturated rings. The molecule has 1 N–H and O–H groups in total. The Kier molecular flexibility index (Phi) is 5.18. The van der Waals surface area contributed by atoms with Gasteiger partial charge in [-0.3, -0.25) is 9.10 Å². The first kappa shape index (κ1) is 18.3. The number of carbonyl (C=O) groups excluding carboxylic acids is 1. The summed E-state index contributed by atoms with van der Waals surface area (Å²) < 4.78 is 33.3. The summed E-state index contributed by atoms with van der Waals surface area (Å²) in [7, 11) is -3.80. The van der Waals surface area contributed by atoms with E-state index in [-0.39, 0.29) is 23.4 Å². The molecule has 1 heterocycles. The number of benzene rings is 2. The lowest BCUT2D eigenvalue weighted by atomic mass is 10.2. The number of sulfonamides is 1. The van der Waals surface area contributed by atoms with Crippen molar-refractivity contribution in [1.82, 2.24) is 5.32 Å². The van der Waals surface area contributed by atoms with Crippen LogP contribution in [0.4, 0.5) is 5.69 Å². The molecule has 3 rings (SSSR count). The van der Waals surface area contributed by atoms with E-state index >= 15 is 0 Å². The molecule has 0 radical (unpaired) electrons. The summed E-state index contributed by atoms with van der Waals surface area (Å²) in [6.45, 7) is 3.79. The Morgan fingerprint density at radius 3 is 2.54 bits per heavy atom. The summed E-state index contributed by atoms with van der Waals surface area (Å²) in [6, 6.07) is 15.0. The number of para-hydroxylation sites is 2. The van der Waals surface area contributed by atoms with Gasteiger partial charge in [-0.05, 0) is 37.6 Å². The van der Waals surface area contributed by atoms with Crippen molar-refractivity contribution in [1.29, 1.82) is 0 Å². The standard InChI is InChI=1S/C19H22N2O4S/c1-3-14(2)20-19(22)18-13-21(16-11-7-8-12-17(16)25-18)26(23,24)15-9-5-4-6-10-15/h4-12,14,18H,3,13H2,1-2H3,(H,20,22). The van der Waals surface area contributed by atoms with Crippen LogP contribution in [0.3, 0.4) is 0 Å². The molecule has 0 spiro atoms. The third kappa shape index (κ3) is 3.53. The van der Waals surface area contributed by atoms with Crippen molar-refractivity contribution in [2.24, 2.45) is 0 Å². The van der Waals surface area contributed by atoms with Crippen LogP contribution in [0.2, 0.25) is 0 Å². The molecular formula is C19H22N2O4S. The molecule has 1 aliphatic rings. The van der Waals surface area contributed by atoms with Crippen LogP contribution >= 0.6 is 0 Å². The van der Waals surface area contributed by atoms with Gasteiger partial charge in [0, 0.05) is 6.04 Å². The van der Waals surface area contributed by atoms with Gasteiger partial charge in [0.05, 0.1) is 17.1 Å². The number of nitrogens with one attached hydrogen (secondary N) is 1. The van der Waals surface area contributed by atoms with Crippen molar-refractivity contribution in [3.8, 4) is 5.75 Å². The number of hydrogen-bond donors (Lipinski definition) is 1. The van der Waals surface area contributed by atoms with Crippen molar-refractivity contribution >= 4 is 21.6 Å². The van der Waals surface area contributed by atoms with Gasteiger partial charge >= 0.3 is 0 Å². The van der Waals surface area contributed by atoms with Gasteiger partial charge in [-0.25, -0.2) is 8.42 Å². The van der Waals surface area contributed by atoms with Crippen LogP contribution in [-0.2, 0) is 14.8 Å². The highest BCUT2D eigenvalue weighted by atomic mass is 32.2. The largest absolute Gasteiger partial charge is 0.476 e. The molecule has 0 bridgehead atoms. The zero-order valence-electron chi connectivity index (χ0n) is 14.8.